The fraction of sp³-hybridized carbons (Fsp3) is 0.320. The van der Waals surface area contributed by atoms with E-state index in [-0.39, 0.29) is 5.57 Å². The summed E-state index contributed by atoms with van der Waals surface area (Å²) in [6.07, 6.45) is 5.04. The zero-order valence-corrected chi connectivity index (χ0v) is 18.6. The largest absolute Gasteiger partial charge is 0.496 e. The summed E-state index contributed by atoms with van der Waals surface area (Å²) in [5, 5.41) is 2.28. The summed E-state index contributed by atoms with van der Waals surface area (Å²) >= 11 is 0. The molecular formula is C25H27N3O4. The monoisotopic (exact) mass is 433 g/mol. The molecule has 2 heterocycles. The van der Waals surface area contributed by atoms with Gasteiger partial charge in [-0.2, -0.15) is 0 Å². The normalized spacial score (nSPS) is 18.2. The van der Waals surface area contributed by atoms with Crippen LogP contribution in [0.1, 0.15) is 36.0 Å². The molecule has 0 saturated carbocycles. The maximum Gasteiger partial charge on any atom is 0.335 e. The van der Waals surface area contributed by atoms with Crippen LogP contribution in [0.4, 0.5) is 16.2 Å². The molecule has 2 aliphatic heterocycles. The Hall–Kier alpha value is -3.61. The molecule has 0 atom stereocenters. The van der Waals surface area contributed by atoms with Gasteiger partial charge < -0.3 is 9.64 Å². The van der Waals surface area contributed by atoms with Crippen molar-refractivity contribution in [2.45, 2.75) is 33.1 Å². The molecule has 0 aromatic heterocycles. The molecule has 4 amide bonds. The smallest absolute Gasteiger partial charge is 0.335 e. The maximum atomic E-state index is 13.2. The number of barbiturate groups is 1. The highest BCUT2D eigenvalue weighted by Crippen LogP contribution is 2.31. The first-order chi connectivity index (χ1) is 15.4. The van der Waals surface area contributed by atoms with E-state index in [1.54, 1.807) is 19.2 Å². The lowest BCUT2D eigenvalue weighted by atomic mass is 10.0. The lowest BCUT2D eigenvalue weighted by Crippen LogP contribution is -2.54. The summed E-state index contributed by atoms with van der Waals surface area (Å²) in [7, 11) is 1.56. The first kappa shape index (κ1) is 21.6. The molecule has 2 aliphatic rings. The van der Waals surface area contributed by atoms with E-state index in [1.165, 1.54) is 12.5 Å². The number of aryl methyl sites for hydroxylation is 2. The summed E-state index contributed by atoms with van der Waals surface area (Å²) < 4.78 is 5.56. The van der Waals surface area contributed by atoms with E-state index in [4.69, 9.17) is 4.74 Å². The van der Waals surface area contributed by atoms with E-state index in [2.05, 4.69) is 10.2 Å². The van der Waals surface area contributed by atoms with Crippen LogP contribution in [0.25, 0.3) is 6.08 Å². The molecule has 0 unspecified atom stereocenters. The number of carbonyl (C=O) groups is 3. The summed E-state index contributed by atoms with van der Waals surface area (Å²) in [4.78, 5) is 41.6. The van der Waals surface area contributed by atoms with Crippen molar-refractivity contribution in [3.05, 3.63) is 58.7 Å². The van der Waals surface area contributed by atoms with Crippen LogP contribution in [0.15, 0.2) is 42.0 Å². The van der Waals surface area contributed by atoms with Gasteiger partial charge >= 0.3 is 6.03 Å². The summed E-state index contributed by atoms with van der Waals surface area (Å²) in [5.74, 6) is -0.815. The second-order valence-corrected chi connectivity index (χ2v) is 8.28. The van der Waals surface area contributed by atoms with E-state index in [0.29, 0.717) is 17.0 Å². The van der Waals surface area contributed by atoms with Crippen LogP contribution < -0.4 is 19.9 Å². The molecule has 7 nitrogen and oxygen atoms in total. The molecule has 0 radical (unpaired) electrons. The number of hydrogen-bond acceptors (Lipinski definition) is 5. The van der Waals surface area contributed by atoms with Crippen molar-refractivity contribution in [1.29, 1.82) is 0 Å². The van der Waals surface area contributed by atoms with Crippen molar-refractivity contribution in [1.82, 2.24) is 5.32 Å². The Morgan fingerprint density at radius 1 is 0.906 bits per heavy atom. The van der Waals surface area contributed by atoms with Gasteiger partial charge in [-0.25, -0.2) is 9.69 Å². The average molecular weight is 434 g/mol. The molecule has 2 saturated heterocycles. The predicted octanol–water partition coefficient (Wildman–Crippen LogP) is 3.97. The predicted molar refractivity (Wildman–Crippen MR) is 124 cm³/mol. The van der Waals surface area contributed by atoms with Crippen molar-refractivity contribution in [2.75, 3.05) is 30.0 Å². The molecule has 2 aromatic carbocycles. The number of nitrogens with one attached hydrogen (secondary N) is 1. The second kappa shape index (κ2) is 8.86. The van der Waals surface area contributed by atoms with Gasteiger partial charge in [-0.15, -0.1) is 0 Å². The lowest BCUT2D eigenvalue weighted by Gasteiger charge is -2.29. The molecule has 7 heteroatoms. The number of hydrogen-bond donors (Lipinski definition) is 1. The number of benzene rings is 2. The topological polar surface area (TPSA) is 79.0 Å². The number of amides is 4. The minimum Gasteiger partial charge on any atom is -0.496 e. The van der Waals surface area contributed by atoms with Gasteiger partial charge in [0.15, 0.2) is 0 Å². The summed E-state index contributed by atoms with van der Waals surface area (Å²) in [6.45, 7) is 5.77. The SMILES string of the molecule is COc1cc(N2CCCCC2)ccc1/C=C1\C(=O)NC(=O)N(c2cc(C)cc(C)c2)C1=O. The zero-order valence-electron chi connectivity index (χ0n) is 18.6. The van der Waals surface area contributed by atoms with Crippen LogP contribution in [-0.4, -0.2) is 38.0 Å². The van der Waals surface area contributed by atoms with E-state index in [1.807, 2.05) is 38.1 Å². The van der Waals surface area contributed by atoms with Crippen LogP contribution in [-0.2, 0) is 9.59 Å². The Morgan fingerprint density at radius 2 is 1.59 bits per heavy atom. The van der Waals surface area contributed by atoms with Crippen LogP contribution in [0, 0.1) is 13.8 Å². The number of rotatable bonds is 4. The van der Waals surface area contributed by atoms with Crippen molar-refractivity contribution in [3.8, 4) is 5.75 Å². The highest BCUT2D eigenvalue weighted by molar-refractivity contribution is 6.39. The maximum absolute atomic E-state index is 13.2. The first-order valence-electron chi connectivity index (χ1n) is 10.8. The van der Waals surface area contributed by atoms with E-state index in [9.17, 15) is 14.4 Å². The Labute approximate surface area is 187 Å². The number of ether oxygens (including phenoxy) is 1. The zero-order chi connectivity index (χ0) is 22.8. The molecule has 2 fully saturated rings. The van der Waals surface area contributed by atoms with Crippen molar-refractivity contribution in [3.63, 3.8) is 0 Å². The Balaban J connectivity index is 1.69. The van der Waals surface area contributed by atoms with Crippen LogP contribution in [0.5, 0.6) is 5.75 Å². The fourth-order valence-electron chi connectivity index (χ4n) is 4.30. The fourth-order valence-corrected chi connectivity index (χ4v) is 4.30. The minimum absolute atomic E-state index is 0.118. The molecule has 32 heavy (non-hydrogen) atoms. The standard InChI is InChI=1S/C25H27N3O4/c1-16-11-17(2)13-20(12-16)28-24(30)21(23(29)26-25(28)31)14-18-7-8-19(15-22(18)32-3)27-9-5-4-6-10-27/h7-8,11-15H,4-6,9-10H2,1-3H3,(H,26,29,31)/b21-14+. The quantitative estimate of drug-likeness (QED) is 0.583. The van der Waals surface area contributed by atoms with Crippen LogP contribution >= 0.6 is 0 Å². The van der Waals surface area contributed by atoms with Gasteiger partial charge in [-0.05, 0) is 74.6 Å². The summed E-state index contributed by atoms with van der Waals surface area (Å²) in [5.41, 5.74) is 3.79. The third-order valence-electron chi connectivity index (χ3n) is 5.80. The van der Waals surface area contributed by atoms with E-state index < -0.39 is 17.8 Å². The first-order valence-corrected chi connectivity index (χ1v) is 10.8. The molecule has 0 aliphatic carbocycles. The van der Waals surface area contributed by atoms with Gasteiger partial charge in [-0.1, -0.05) is 6.07 Å². The van der Waals surface area contributed by atoms with Gasteiger partial charge in [0.05, 0.1) is 12.8 Å². The number of piperidine rings is 1. The second-order valence-electron chi connectivity index (χ2n) is 8.28. The number of methoxy groups -OCH3 is 1. The minimum atomic E-state index is -0.755. The Kier molecular flexibility index (Phi) is 5.99. The number of urea groups is 1. The van der Waals surface area contributed by atoms with Crippen molar-refractivity contribution in [2.24, 2.45) is 0 Å². The highest BCUT2D eigenvalue weighted by Gasteiger charge is 2.37. The average Bonchev–Trinajstić information content (AvgIpc) is 2.76. The van der Waals surface area contributed by atoms with Gasteiger partial charge in [-0.3, -0.25) is 14.9 Å². The van der Waals surface area contributed by atoms with E-state index in [0.717, 1.165) is 47.6 Å². The van der Waals surface area contributed by atoms with E-state index >= 15 is 0 Å². The van der Waals surface area contributed by atoms with Gasteiger partial charge in [0.1, 0.15) is 11.3 Å². The molecule has 1 N–H and O–H groups in total. The Morgan fingerprint density at radius 3 is 2.25 bits per heavy atom. The van der Waals surface area contributed by atoms with Crippen LogP contribution in [0.3, 0.4) is 0 Å². The molecule has 0 spiro atoms. The van der Waals surface area contributed by atoms with Gasteiger partial charge in [0.2, 0.25) is 0 Å². The Bertz CT molecular complexity index is 1100. The number of nitrogens with zero attached hydrogens (tertiary/aromatic N) is 2. The molecule has 166 valence electrons. The van der Waals surface area contributed by atoms with Crippen molar-refractivity contribution >= 4 is 35.3 Å². The van der Waals surface area contributed by atoms with Crippen molar-refractivity contribution < 1.29 is 19.1 Å². The highest BCUT2D eigenvalue weighted by atomic mass is 16.5. The molecular weight excluding hydrogens is 406 g/mol. The molecule has 0 bridgehead atoms. The number of imide groups is 2. The van der Waals surface area contributed by atoms with Gasteiger partial charge in [0, 0.05) is 30.4 Å². The number of carbonyl (C=O) groups excluding carboxylic acids is 3. The lowest BCUT2D eigenvalue weighted by molar-refractivity contribution is -0.122. The van der Waals surface area contributed by atoms with Crippen LogP contribution in [0.2, 0.25) is 0 Å². The molecule has 2 aromatic rings. The summed E-state index contributed by atoms with van der Waals surface area (Å²) in [6, 6.07) is 10.4. The van der Waals surface area contributed by atoms with Gasteiger partial charge in [0.25, 0.3) is 11.8 Å². The third-order valence-corrected chi connectivity index (χ3v) is 5.80. The third kappa shape index (κ3) is 4.23. The molecule has 4 rings (SSSR count). The number of anilines is 2.